The fourth-order valence-corrected chi connectivity index (χ4v) is 5.92. The molecule has 0 atom stereocenters. The average Bonchev–Trinajstić information content (AvgIpc) is 3.45. The second-order valence-electron chi connectivity index (χ2n) is 6.78. The van der Waals surface area contributed by atoms with E-state index in [2.05, 4.69) is 10.3 Å². The Labute approximate surface area is 171 Å². The van der Waals surface area contributed by atoms with Crippen molar-refractivity contribution < 1.29 is 22.7 Å². The molecule has 1 saturated heterocycles. The normalized spacial score (nSPS) is 16.4. The number of hydrogen-bond acceptors (Lipinski definition) is 7. The second-order valence-corrected chi connectivity index (χ2v) is 9.75. The predicted octanol–water partition coefficient (Wildman–Crippen LogP) is 3.06. The number of fused-ring (bicyclic) bond motifs is 2. The summed E-state index contributed by atoms with van der Waals surface area (Å²) in [5, 5.41) is 3.17. The first-order valence-corrected chi connectivity index (χ1v) is 11.4. The highest BCUT2D eigenvalue weighted by atomic mass is 32.2. The van der Waals surface area contributed by atoms with Crippen molar-refractivity contribution in [2.45, 2.75) is 17.7 Å². The van der Waals surface area contributed by atoms with E-state index in [1.54, 1.807) is 36.4 Å². The van der Waals surface area contributed by atoms with Crippen molar-refractivity contribution in [2.24, 2.45) is 0 Å². The predicted molar refractivity (Wildman–Crippen MR) is 108 cm³/mol. The number of amides is 1. The monoisotopic (exact) mass is 431 g/mol. The van der Waals surface area contributed by atoms with Crippen LogP contribution in [-0.4, -0.2) is 43.5 Å². The zero-order valence-electron chi connectivity index (χ0n) is 15.3. The van der Waals surface area contributed by atoms with Crippen LogP contribution in [0, 0.1) is 0 Å². The molecular weight excluding hydrogens is 414 g/mol. The van der Waals surface area contributed by atoms with Gasteiger partial charge in [-0.25, -0.2) is 13.4 Å². The molecule has 29 heavy (non-hydrogen) atoms. The van der Waals surface area contributed by atoms with Gasteiger partial charge in [0.15, 0.2) is 16.6 Å². The van der Waals surface area contributed by atoms with Crippen molar-refractivity contribution in [1.82, 2.24) is 9.29 Å². The van der Waals surface area contributed by atoms with Crippen LogP contribution in [-0.2, 0) is 10.0 Å². The highest BCUT2D eigenvalue weighted by molar-refractivity contribution is 7.89. The Kier molecular flexibility index (Phi) is 4.41. The fraction of sp³-hybridized carbons (Fsp3) is 0.263. The molecule has 8 nitrogen and oxygen atoms in total. The summed E-state index contributed by atoms with van der Waals surface area (Å²) in [5.41, 5.74) is 1.06. The van der Waals surface area contributed by atoms with Crippen molar-refractivity contribution in [3.63, 3.8) is 0 Å². The summed E-state index contributed by atoms with van der Waals surface area (Å²) in [6.45, 7) is 1.25. The third-order valence-electron chi connectivity index (χ3n) is 4.92. The van der Waals surface area contributed by atoms with Crippen molar-refractivity contribution in [2.75, 3.05) is 25.2 Å². The number of anilines is 1. The molecular formula is C19H17N3O5S2. The number of ether oxygens (including phenoxy) is 2. The number of nitrogens with one attached hydrogen (secondary N) is 1. The molecule has 3 heterocycles. The number of hydrogen-bond donors (Lipinski definition) is 1. The minimum absolute atomic E-state index is 0.140. The van der Waals surface area contributed by atoms with Crippen molar-refractivity contribution in [1.29, 1.82) is 0 Å². The van der Waals surface area contributed by atoms with Gasteiger partial charge in [0.25, 0.3) is 5.91 Å². The van der Waals surface area contributed by atoms with Crippen molar-refractivity contribution in [3.8, 4) is 11.5 Å². The lowest BCUT2D eigenvalue weighted by molar-refractivity contribution is 0.102. The molecule has 1 aromatic heterocycles. The van der Waals surface area contributed by atoms with E-state index in [-0.39, 0.29) is 17.6 Å². The van der Waals surface area contributed by atoms with E-state index in [0.29, 0.717) is 45.5 Å². The summed E-state index contributed by atoms with van der Waals surface area (Å²) >= 11 is 1.24. The lowest BCUT2D eigenvalue weighted by atomic mass is 10.2. The Hall–Kier alpha value is -2.69. The Balaban J connectivity index is 1.39. The molecule has 150 valence electrons. The molecule has 0 bridgehead atoms. The van der Waals surface area contributed by atoms with Crippen LogP contribution in [0.2, 0.25) is 0 Å². The van der Waals surface area contributed by atoms with Crippen LogP contribution < -0.4 is 14.8 Å². The lowest BCUT2D eigenvalue weighted by Gasteiger charge is -2.15. The molecule has 0 unspecified atom stereocenters. The van der Waals surface area contributed by atoms with E-state index in [0.717, 1.165) is 12.8 Å². The van der Waals surface area contributed by atoms with Gasteiger partial charge in [-0.15, -0.1) is 0 Å². The second kappa shape index (κ2) is 6.97. The molecule has 0 aliphatic carbocycles. The van der Waals surface area contributed by atoms with Gasteiger partial charge >= 0.3 is 0 Å². The van der Waals surface area contributed by atoms with Gasteiger partial charge < -0.3 is 9.47 Å². The van der Waals surface area contributed by atoms with Crippen LogP contribution >= 0.6 is 11.3 Å². The summed E-state index contributed by atoms with van der Waals surface area (Å²) in [6.07, 6.45) is 1.77. The van der Waals surface area contributed by atoms with E-state index in [1.807, 2.05) is 0 Å². The summed E-state index contributed by atoms with van der Waals surface area (Å²) in [7, 11) is -3.49. The van der Waals surface area contributed by atoms with Gasteiger partial charge in [-0.1, -0.05) is 11.3 Å². The van der Waals surface area contributed by atoms with Gasteiger partial charge in [0.1, 0.15) is 0 Å². The summed E-state index contributed by atoms with van der Waals surface area (Å²) < 4.78 is 38.3. The molecule has 1 amide bonds. The topological polar surface area (TPSA) is 97.8 Å². The number of sulfonamides is 1. The number of aromatic nitrogens is 1. The zero-order valence-corrected chi connectivity index (χ0v) is 16.9. The summed E-state index contributed by atoms with van der Waals surface area (Å²) in [6, 6.07) is 9.81. The quantitative estimate of drug-likeness (QED) is 0.682. The van der Waals surface area contributed by atoms with Gasteiger partial charge in [0.2, 0.25) is 16.8 Å². The van der Waals surface area contributed by atoms with Crippen LogP contribution in [0.15, 0.2) is 41.3 Å². The maximum absolute atomic E-state index is 12.8. The van der Waals surface area contributed by atoms with Gasteiger partial charge in [0.05, 0.1) is 15.1 Å². The number of carbonyl (C=O) groups is 1. The van der Waals surface area contributed by atoms with Gasteiger partial charge in [0, 0.05) is 18.7 Å². The zero-order chi connectivity index (χ0) is 20.0. The van der Waals surface area contributed by atoms with E-state index in [4.69, 9.17) is 9.47 Å². The fourth-order valence-electron chi connectivity index (χ4n) is 3.40. The number of nitrogens with zero attached hydrogens (tertiary/aromatic N) is 2. The minimum atomic E-state index is -3.49. The summed E-state index contributed by atoms with van der Waals surface area (Å²) in [4.78, 5) is 17.2. The molecule has 0 saturated carbocycles. The van der Waals surface area contributed by atoms with Gasteiger partial charge in [-0.3, -0.25) is 10.1 Å². The molecule has 2 aliphatic rings. The standard InChI is InChI=1S/C19H17N3O5S2/c23-18(12-3-6-15-16(9-12)27-11-26-15)21-19-20-14-5-4-13(10-17(14)28-19)29(24,25)22-7-1-2-8-22/h3-6,9-10H,1-2,7-8,11H2,(H,20,21,23). The molecule has 5 rings (SSSR count). The van der Waals surface area contributed by atoms with Crippen molar-refractivity contribution in [3.05, 3.63) is 42.0 Å². The molecule has 10 heteroatoms. The van der Waals surface area contributed by atoms with Crippen molar-refractivity contribution >= 4 is 42.6 Å². The van der Waals surface area contributed by atoms with Gasteiger partial charge in [-0.05, 0) is 49.2 Å². The first kappa shape index (κ1) is 18.3. The van der Waals surface area contributed by atoms with E-state index >= 15 is 0 Å². The number of carbonyl (C=O) groups excluding carboxylic acids is 1. The largest absolute Gasteiger partial charge is 0.454 e. The first-order valence-electron chi connectivity index (χ1n) is 9.12. The lowest BCUT2D eigenvalue weighted by Crippen LogP contribution is -2.27. The van der Waals surface area contributed by atoms with Crippen LogP contribution in [0.5, 0.6) is 11.5 Å². The van der Waals surface area contributed by atoms with Crippen LogP contribution in [0.25, 0.3) is 10.2 Å². The van der Waals surface area contributed by atoms with Crippen LogP contribution in [0.1, 0.15) is 23.2 Å². The molecule has 1 fully saturated rings. The van der Waals surface area contributed by atoms with E-state index in [1.165, 1.54) is 15.6 Å². The molecule has 0 radical (unpaired) electrons. The smallest absolute Gasteiger partial charge is 0.257 e. The van der Waals surface area contributed by atoms with E-state index in [9.17, 15) is 13.2 Å². The SMILES string of the molecule is O=C(Nc1nc2ccc(S(=O)(=O)N3CCCC3)cc2s1)c1ccc2c(c1)OCO2. The highest BCUT2D eigenvalue weighted by Gasteiger charge is 2.27. The van der Waals surface area contributed by atoms with Crippen LogP contribution in [0.4, 0.5) is 5.13 Å². The Morgan fingerprint density at radius 2 is 1.86 bits per heavy atom. The molecule has 3 aromatic rings. The van der Waals surface area contributed by atoms with Crippen LogP contribution in [0.3, 0.4) is 0 Å². The minimum Gasteiger partial charge on any atom is -0.454 e. The first-order chi connectivity index (χ1) is 14.0. The Bertz CT molecular complexity index is 1220. The summed E-state index contributed by atoms with van der Waals surface area (Å²) in [5.74, 6) is 0.805. The third-order valence-corrected chi connectivity index (χ3v) is 7.75. The number of benzene rings is 2. The maximum Gasteiger partial charge on any atom is 0.257 e. The average molecular weight is 431 g/mol. The third kappa shape index (κ3) is 3.33. The molecule has 2 aliphatic heterocycles. The Morgan fingerprint density at radius 1 is 1.07 bits per heavy atom. The van der Waals surface area contributed by atoms with E-state index < -0.39 is 10.0 Å². The number of rotatable bonds is 4. The number of thiazole rings is 1. The molecule has 1 N–H and O–H groups in total. The molecule has 0 spiro atoms. The highest BCUT2D eigenvalue weighted by Crippen LogP contribution is 2.33. The van der Waals surface area contributed by atoms with Gasteiger partial charge in [-0.2, -0.15) is 4.31 Å². The molecule has 2 aromatic carbocycles. The Morgan fingerprint density at radius 3 is 2.69 bits per heavy atom. The maximum atomic E-state index is 12.8.